The van der Waals surface area contributed by atoms with E-state index in [2.05, 4.69) is 20.9 Å². The highest BCUT2D eigenvalue weighted by Crippen LogP contribution is 2.74. The van der Waals surface area contributed by atoms with E-state index in [1.165, 1.54) is 25.1 Å². The fourth-order valence-corrected chi connectivity index (χ4v) is 4.92. The monoisotopic (exact) mass is 380 g/mol. The molecule has 2 aliphatic rings. The molecular formula is C13H12BrF3N2OS. The highest BCUT2D eigenvalue weighted by atomic mass is 79.9. The van der Waals surface area contributed by atoms with Gasteiger partial charge in [-0.25, -0.2) is 13.2 Å². The summed E-state index contributed by atoms with van der Waals surface area (Å²) in [6, 6.07) is 4.11. The van der Waals surface area contributed by atoms with E-state index in [1.807, 2.05) is 0 Å². The number of thioether (sulfide) groups is 1. The van der Waals surface area contributed by atoms with Crippen molar-refractivity contribution in [2.24, 2.45) is 16.6 Å². The van der Waals surface area contributed by atoms with Crippen LogP contribution in [-0.4, -0.2) is 27.6 Å². The van der Waals surface area contributed by atoms with Crippen LogP contribution in [0.25, 0.3) is 0 Å². The van der Waals surface area contributed by atoms with Crippen LogP contribution in [0.2, 0.25) is 0 Å². The van der Waals surface area contributed by atoms with Crippen LogP contribution in [0.5, 0.6) is 0 Å². The zero-order chi connectivity index (χ0) is 15.6. The summed E-state index contributed by atoms with van der Waals surface area (Å²) in [5.74, 6) is -5.09. The minimum Gasteiger partial charge on any atom is -0.395 e. The first-order valence-corrected chi connectivity index (χ1v) is 7.78. The molecule has 1 saturated carbocycles. The zero-order valence-corrected chi connectivity index (χ0v) is 13.3. The standard InChI is InChI=1S/C13H12BrF3N2OS/c1-11(7-4-6(14)2-3-8(7)15)9-12(5-20,13(9,16)17)21-10(18)19-11/h2-4,9,20H,5H2,1H3,(H2,18,19)/t9-,11-,12-/m1/s1. The second kappa shape index (κ2) is 4.39. The Balaban J connectivity index is 2.20. The third-order valence-electron chi connectivity index (χ3n) is 4.21. The van der Waals surface area contributed by atoms with Crippen molar-refractivity contribution in [2.45, 2.75) is 23.1 Å². The predicted octanol–water partition coefficient (Wildman–Crippen LogP) is 2.86. The Hall–Kier alpha value is -0.730. The van der Waals surface area contributed by atoms with Crippen molar-refractivity contribution >= 4 is 32.9 Å². The number of nitrogens with zero attached hydrogens (tertiary/aromatic N) is 1. The zero-order valence-electron chi connectivity index (χ0n) is 10.9. The number of aliphatic hydroxyl groups is 1. The number of hydrogen-bond donors (Lipinski definition) is 2. The van der Waals surface area contributed by atoms with E-state index < -0.39 is 34.6 Å². The van der Waals surface area contributed by atoms with E-state index in [0.717, 1.165) is 0 Å². The summed E-state index contributed by atoms with van der Waals surface area (Å²) in [5.41, 5.74) is 4.19. The highest BCUT2D eigenvalue weighted by molar-refractivity contribution is 9.10. The van der Waals surface area contributed by atoms with Crippen molar-refractivity contribution in [3.8, 4) is 0 Å². The average molecular weight is 381 g/mol. The van der Waals surface area contributed by atoms with Gasteiger partial charge >= 0.3 is 0 Å². The van der Waals surface area contributed by atoms with Crippen LogP contribution in [0.1, 0.15) is 12.5 Å². The molecule has 0 saturated heterocycles. The minimum atomic E-state index is -3.17. The third kappa shape index (κ3) is 1.82. The van der Waals surface area contributed by atoms with Gasteiger partial charge in [-0.3, -0.25) is 4.99 Å². The van der Waals surface area contributed by atoms with Gasteiger partial charge in [0, 0.05) is 10.0 Å². The maximum Gasteiger partial charge on any atom is 0.272 e. The maximum absolute atomic E-state index is 14.3. The first-order chi connectivity index (χ1) is 9.69. The van der Waals surface area contributed by atoms with E-state index in [0.29, 0.717) is 16.2 Å². The van der Waals surface area contributed by atoms with Crippen molar-refractivity contribution < 1.29 is 18.3 Å². The van der Waals surface area contributed by atoms with Crippen LogP contribution in [0, 0.1) is 11.7 Å². The number of fused-ring (bicyclic) bond motifs is 1. The van der Waals surface area contributed by atoms with E-state index in [1.54, 1.807) is 0 Å². The Morgan fingerprint density at radius 2 is 2.14 bits per heavy atom. The van der Waals surface area contributed by atoms with Crippen molar-refractivity contribution in [3.63, 3.8) is 0 Å². The van der Waals surface area contributed by atoms with Gasteiger partial charge in [0.1, 0.15) is 10.6 Å². The van der Waals surface area contributed by atoms with E-state index in [9.17, 15) is 18.3 Å². The molecule has 1 aliphatic carbocycles. The fourth-order valence-electron chi connectivity index (χ4n) is 3.20. The molecule has 1 aromatic rings. The summed E-state index contributed by atoms with van der Waals surface area (Å²) in [5, 5.41) is 9.36. The largest absolute Gasteiger partial charge is 0.395 e. The molecule has 8 heteroatoms. The number of alkyl halides is 2. The van der Waals surface area contributed by atoms with Crippen LogP contribution in [0.3, 0.4) is 0 Å². The summed E-state index contributed by atoms with van der Waals surface area (Å²) in [6.07, 6.45) is 0. The molecule has 114 valence electrons. The molecule has 0 aromatic heterocycles. The van der Waals surface area contributed by atoms with Gasteiger partial charge in [0.25, 0.3) is 5.92 Å². The molecule has 0 amide bonds. The topological polar surface area (TPSA) is 58.6 Å². The average Bonchev–Trinajstić information content (AvgIpc) is 2.89. The Bertz CT molecular complexity index is 656. The van der Waals surface area contributed by atoms with E-state index in [-0.39, 0.29) is 10.7 Å². The van der Waals surface area contributed by atoms with Gasteiger partial charge < -0.3 is 10.8 Å². The lowest BCUT2D eigenvalue weighted by Crippen LogP contribution is -2.37. The molecular weight excluding hydrogens is 369 g/mol. The fraction of sp³-hybridized carbons (Fsp3) is 0.462. The molecule has 1 heterocycles. The SMILES string of the molecule is C[C@]1(c2cc(Br)ccc2F)N=C(N)S[C@]2(CO)[C@@H]1C2(F)F. The van der Waals surface area contributed by atoms with Gasteiger partial charge in [-0.05, 0) is 25.1 Å². The number of aliphatic imine (C=N–C) groups is 1. The van der Waals surface area contributed by atoms with Crippen molar-refractivity contribution in [1.29, 1.82) is 0 Å². The normalized spacial score (nSPS) is 36.9. The number of nitrogens with two attached hydrogens (primary N) is 1. The number of benzene rings is 1. The molecule has 3 atom stereocenters. The van der Waals surface area contributed by atoms with Gasteiger partial charge in [0.15, 0.2) is 5.17 Å². The molecule has 1 aliphatic heterocycles. The molecule has 3 N–H and O–H groups in total. The Kier molecular flexibility index (Phi) is 3.17. The molecule has 1 aromatic carbocycles. The lowest BCUT2D eigenvalue weighted by Gasteiger charge is -2.32. The molecule has 1 fully saturated rings. The lowest BCUT2D eigenvalue weighted by molar-refractivity contribution is 0.0685. The predicted molar refractivity (Wildman–Crippen MR) is 78.9 cm³/mol. The van der Waals surface area contributed by atoms with Gasteiger partial charge in [0.2, 0.25) is 0 Å². The second-order valence-corrected chi connectivity index (χ2v) is 7.69. The van der Waals surface area contributed by atoms with E-state index >= 15 is 0 Å². The minimum absolute atomic E-state index is 0.0418. The third-order valence-corrected chi connectivity index (χ3v) is 6.00. The smallest absolute Gasteiger partial charge is 0.272 e. The second-order valence-electron chi connectivity index (χ2n) is 5.43. The van der Waals surface area contributed by atoms with Crippen LogP contribution in [0.4, 0.5) is 13.2 Å². The van der Waals surface area contributed by atoms with Crippen LogP contribution < -0.4 is 5.73 Å². The first-order valence-electron chi connectivity index (χ1n) is 6.17. The Labute approximate surface area is 131 Å². The summed E-state index contributed by atoms with van der Waals surface area (Å²) >= 11 is 3.88. The van der Waals surface area contributed by atoms with Crippen LogP contribution in [-0.2, 0) is 5.54 Å². The first kappa shape index (κ1) is 15.2. The van der Waals surface area contributed by atoms with Gasteiger partial charge in [-0.15, -0.1) is 0 Å². The maximum atomic E-state index is 14.3. The quantitative estimate of drug-likeness (QED) is 0.829. The highest BCUT2D eigenvalue weighted by Gasteiger charge is 2.87. The molecule has 3 nitrogen and oxygen atoms in total. The molecule has 0 bridgehead atoms. The number of hydrogen-bond acceptors (Lipinski definition) is 4. The summed E-state index contributed by atoms with van der Waals surface area (Å²) < 4.78 is 41.6. The van der Waals surface area contributed by atoms with Crippen molar-refractivity contribution in [2.75, 3.05) is 6.61 Å². The summed E-state index contributed by atoms with van der Waals surface area (Å²) in [7, 11) is 0. The van der Waals surface area contributed by atoms with E-state index in [4.69, 9.17) is 5.73 Å². The number of rotatable bonds is 2. The summed E-state index contributed by atoms with van der Waals surface area (Å²) in [4.78, 5) is 4.10. The number of aliphatic hydroxyl groups excluding tert-OH is 1. The molecule has 0 spiro atoms. The number of halogens is 4. The van der Waals surface area contributed by atoms with Crippen molar-refractivity contribution in [1.82, 2.24) is 0 Å². The van der Waals surface area contributed by atoms with Crippen molar-refractivity contribution in [3.05, 3.63) is 34.1 Å². The van der Waals surface area contributed by atoms with Crippen LogP contribution in [0.15, 0.2) is 27.7 Å². The van der Waals surface area contributed by atoms with Gasteiger partial charge in [-0.1, -0.05) is 27.7 Å². The Morgan fingerprint density at radius 3 is 2.76 bits per heavy atom. The Morgan fingerprint density at radius 1 is 1.48 bits per heavy atom. The molecule has 3 rings (SSSR count). The number of amidine groups is 1. The van der Waals surface area contributed by atoms with Gasteiger partial charge in [0.05, 0.1) is 18.1 Å². The summed E-state index contributed by atoms with van der Waals surface area (Å²) in [6.45, 7) is 0.692. The van der Waals surface area contributed by atoms with Gasteiger partial charge in [-0.2, -0.15) is 0 Å². The molecule has 0 unspecified atom stereocenters. The molecule has 0 radical (unpaired) electrons. The van der Waals surface area contributed by atoms with Crippen LogP contribution >= 0.6 is 27.7 Å². The lowest BCUT2D eigenvalue weighted by atomic mass is 9.85. The molecule has 21 heavy (non-hydrogen) atoms.